The van der Waals surface area contributed by atoms with Crippen LogP contribution in [-0.4, -0.2) is 11.2 Å². The maximum Gasteiger partial charge on any atom is 0.307 e. The van der Waals surface area contributed by atoms with Crippen LogP contribution < -0.4 is 0 Å². The summed E-state index contributed by atoms with van der Waals surface area (Å²) in [6.45, 7) is 0. The Hall–Kier alpha value is -1.26. The van der Waals surface area contributed by atoms with Crippen molar-refractivity contribution >= 4 is 33.7 Å². The van der Waals surface area contributed by atoms with Crippen LogP contribution in [0.1, 0.15) is 18.1 Å². The molecule has 1 heterocycles. The molecule has 0 bridgehead atoms. The van der Waals surface area contributed by atoms with Crippen molar-refractivity contribution in [2.24, 2.45) is 0 Å². The van der Waals surface area contributed by atoms with Crippen LogP contribution in [0.3, 0.4) is 0 Å². The van der Waals surface area contributed by atoms with Crippen molar-refractivity contribution in [2.75, 3.05) is 0 Å². The highest BCUT2D eigenvalue weighted by molar-refractivity contribution is 9.10. The standard InChI is InChI=1S/C16H13BrO2S/c17-12-8-6-11(7-9-12)16-14(10-15(18)19-16)20-13-4-2-1-3-5-13/h1-9,14,16H,10H2/t14-,16+/m1/s1. The Morgan fingerprint density at radius 1 is 1.05 bits per heavy atom. The van der Waals surface area contributed by atoms with Crippen molar-refractivity contribution in [2.45, 2.75) is 22.7 Å². The van der Waals surface area contributed by atoms with Crippen LogP contribution >= 0.6 is 27.7 Å². The summed E-state index contributed by atoms with van der Waals surface area (Å²) in [6.07, 6.45) is 0.293. The van der Waals surface area contributed by atoms with Crippen LogP contribution in [0.2, 0.25) is 0 Å². The number of hydrogen-bond acceptors (Lipinski definition) is 3. The Morgan fingerprint density at radius 3 is 2.45 bits per heavy atom. The molecule has 0 aliphatic carbocycles. The summed E-state index contributed by atoms with van der Waals surface area (Å²) >= 11 is 5.13. The number of halogens is 1. The van der Waals surface area contributed by atoms with E-state index in [1.807, 2.05) is 42.5 Å². The highest BCUT2D eigenvalue weighted by atomic mass is 79.9. The van der Waals surface area contributed by atoms with Crippen molar-refractivity contribution in [1.29, 1.82) is 0 Å². The minimum atomic E-state index is -0.166. The van der Waals surface area contributed by atoms with Crippen molar-refractivity contribution in [3.63, 3.8) is 0 Å². The number of rotatable bonds is 3. The summed E-state index contributed by atoms with van der Waals surface area (Å²) in [5.74, 6) is -0.119. The normalized spacial score (nSPS) is 21.8. The van der Waals surface area contributed by atoms with Crippen molar-refractivity contribution < 1.29 is 9.53 Å². The van der Waals surface area contributed by atoms with Crippen LogP contribution in [0.4, 0.5) is 0 Å². The van der Waals surface area contributed by atoms with E-state index in [1.165, 1.54) is 0 Å². The summed E-state index contributed by atoms with van der Waals surface area (Å²) in [6, 6.07) is 18.1. The monoisotopic (exact) mass is 348 g/mol. The number of cyclic esters (lactones) is 1. The van der Waals surface area contributed by atoms with Crippen LogP contribution in [0.5, 0.6) is 0 Å². The lowest BCUT2D eigenvalue weighted by molar-refractivity contribution is -0.141. The minimum Gasteiger partial charge on any atom is -0.456 e. The molecule has 0 unspecified atom stereocenters. The van der Waals surface area contributed by atoms with Gasteiger partial charge < -0.3 is 4.74 Å². The topological polar surface area (TPSA) is 26.3 Å². The van der Waals surface area contributed by atoms with E-state index >= 15 is 0 Å². The Balaban J connectivity index is 1.81. The number of carbonyl (C=O) groups is 1. The molecule has 0 radical (unpaired) electrons. The molecule has 1 fully saturated rings. The lowest BCUT2D eigenvalue weighted by Gasteiger charge is -2.17. The van der Waals surface area contributed by atoms with Gasteiger partial charge in [0.15, 0.2) is 0 Å². The molecular weight excluding hydrogens is 336 g/mol. The SMILES string of the molecule is O=C1C[C@@H](Sc2ccccc2)[C@H](c2ccc(Br)cc2)O1. The molecule has 0 aromatic heterocycles. The second-order valence-electron chi connectivity index (χ2n) is 4.64. The van der Waals surface area contributed by atoms with E-state index in [0.29, 0.717) is 6.42 Å². The third kappa shape index (κ3) is 3.07. The van der Waals surface area contributed by atoms with E-state index in [4.69, 9.17) is 4.74 Å². The Bertz CT molecular complexity index is 598. The van der Waals surface area contributed by atoms with Gasteiger partial charge >= 0.3 is 5.97 Å². The summed E-state index contributed by atoms with van der Waals surface area (Å²) in [7, 11) is 0. The first-order valence-corrected chi connectivity index (χ1v) is 8.06. The molecule has 1 saturated heterocycles. The highest BCUT2D eigenvalue weighted by Crippen LogP contribution is 2.41. The first kappa shape index (κ1) is 13.7. The van der Waals surface area contributed by atoms with Crippen molar-refractivity contribution in [3.05, 3.63) is 64.6 Å². The molecule has 2 aromatic carbocycles. The molecule has 2 nitrogen and oxygen atoms in total. The summed E-state index contributed by atoms with van der Waals surface area (Å²) in [5.41, 5.74) is 1.05. The summed E-state index contributed by atoms with van der Waals surface area (Å²) < 4.78 is 6.52. The zero-order valence-corrected chi connectivity index (χ0v) is 13.1. The van der Waals surface area contributed by atoms with Gasteiger partial charge in [0.1, 0.15) is 6.10 Å². The number of carbonyl (C=O) groups excluding carboxylic acids is 1. The average Bonchev–Trinajstić information content (AvgIpc) is 2.81. The number of esters is 1. The maximum absolute atomic E-state index is 11.6. The molecule has 3 rings (SSSR count). The smallest absolute Gasteiger partial charge is 0.307 e. The van der Waals surface area contributed by atoms with Crippen LogP contribution in [0.25, 0.3) is 0 Å². The molecule has 20 heavy (non-hydrogen) atoms. The molecule has 2 atom stereocenters. The second-order valence-corrected chi connectivity index (χ2v) is 6.86. The summed E-state index contributed by atoms with van der Waals surface area (Å²) in [4.78, 5) is 12.8. The molecule has 102 valence electrons. The zero-order chi connectivity index (χ0) is 13.9. The molecule has 1 aliphatic heterocycles. The molecule has 0 spiro atoms. The van der Waals surface area contributed by atoms with Gasteiger partial charge in [0, 0.05) is 9.37 Å². The number of benzene rings is 2. The largest absolute Gasteiger partial charge is 0.456 e. The third-order valence-corrected chi connectivity index (χ3v) is 4.98. The number of ether oxygens (including phenoxy) is 1. The molecule has 1 aliphatic rings. The number of hydrogen-bond donors (Lipinski definition) is 0. The molecular formula is C16H13BrO2S. The van der Waals surface area contributed by atoms with Gasteiger partial charge in [0.2, 0.25) is 0 Å². The van der Waals surface area contributed by atoms with Crippen molar-refractivity contribution in [3.8, 4) is 0 Å². The van der Waals surface area contributed by atoms with Gasteiger partial charge in [0.05, 0.1) is 11.7 Å². The fourth-order valence-corrected chi connectivity index (χ4v) is 3.73. The Morgan fingerprint density at radius 2 is 1.75 bits per heavy atom. The lowest BCUT2D eigenvalue weighted by atomic mass is 10.1. The Labute approximate surface area is 130 Å². The van der Waals surface area contributed by atoms with Gasteiger partial charge in [0.25, 0.3) is 0 Å². The van der Waals surface area contributed by atoms with Gasteiger partial charge in [-0.05, 0) is 29.8 Å². The zero-order valence-electron chi connectivity index (χ0n) is 10.7. The van der Waals surface area contributed by atoms with E-state index < -0.39 is 0 Å². The number of thioether (sulfide) groups is 1. The minimum absolute atomic E-state index is 0.119. The quantitative estimate of drug-likeness (QED) is 0.758. The van der Waals surface area contributed by atoms with Crippen LogP contribution in [0, 0.1) is 0 Å². The molecule has 0 N–H and O–H groups in total. The first-order valence-electron chi connectivity index (χ1n) is 6.39. The van der Waals surface area contributed by atoms with Gasteiger partial charge in [-0.3, -0.25) is 4.79 Å². The van der Waals surface area contributed by atoms with Crippen LogP contribution in [-0.2, 0) is 9.53 Å². The fourth-order valence-electron chi connectivity index (χ4n) is 2.25. The second kappa shape index (κ2) is 6.02. The Kier molecular flexibility index (Phi) is 4.13. The first-order chi connectivity index (χ1) is 9.72. The third-order valence-electron chi connectivity index (χ3n) is 3.19. The van der Waals surface area contributed by atoms with Crippen LogP contribution in [0.15, 0.2) is 64.0 Å². The maximum atomic E-state index is 11.6. The van der Waals surface area contributed by atoms with Gasteiger partial charge in [-0.25, -0.2) is 0 Å². The van der Waals surface area contributed by atoms with E-state index in [1.54, 1.807) is 11.8 Å². The van der Waals surface area contributed by atoms with Gasteiger partial charge in [-0.1, -0.05) is 46.3 Å². The predicted octanol–water partition coefficient (Wildman–Crippen LogP) is 4.60. The fraction of sp³-hybridized carbons (Fsp3) is 0.188. The summed E-state index contributed by atoms with van der Waals surface area (Å²) in [5, 5.41) is 0.131. The predicted molar refractivity (Wildman–Crippen MR) is 83.7 cm³/mol. The average molecular weight is 349 g/mol. The highest BCUT2D eigenvalue weighted by Gasteiger charge is 2.36. The van der Waals surface area contributed by atoms with E-state index in [-0.39, 0.29) is 17.3 Å². The molecule has 2 aromatic rings. The molecule has 0 amide bonds. The van der Waals surface area contributed by atoms with E-state index in [9.17, 15) is 4.79 Å². The van der Waals surface area contributed by atoms with Gasteiger partial charge in [-0.15, -0.1) is 11.8 Å². The molecule has 0 saturated carbocycles. The van der Waals surface area contributed by atoms with Crippen molar-refractivity contribution in [1.82, 2.24) is 0 Å². The van der Waals surface area contributed by atoms with E-state index in [0.717, 1.165) is 14.9 Å². The lowest BCUT2D eigenvalue weighted by Crippen LogP contribution is -2.09. The molecule has 4 heteroatoms. The van der Waals surface area contributed by atoms with E-state index in [2.05, 4.69) is 28.1 Å². The van der Waals surface area contributed by atoms with Gasteiger partial charge in [-0.2, -0.15) is 0 Å².